The van der Waals surface area contributed by atoms with E-state index in [9.17, 15) is 4.79 Å². The lowest BCUT2D eigenvalue weighted by Crippen LogP contribution is -2.40. The van der Waals surface area contributed by atoms with Gasteiger partial charge in [-0.2, -0.15) is 0 Å². The Hall–Kier alpha value is -1.55. The SMILES string of the molecule is COc1ccccc1C1CC(NCCCC(=O)O)C1. The Kier molecular flexibility index (Phi) is 4.80. The van der Waals surface area contributed by atoms with E-state index in [1.165, 1.54) is 5.56 Å². The number of para-hydroxylation sites is 1. The first-order chi connectivity index (χ1) is 9.20. The third-order valence-electron chi connectivity index (χ3n) is 3.72. The molecule has 0 radical (unpaired) electrons. The summed E-state index contributed by atoms with van der Waals surface area (Å²) in [5.41, 5.74) is 1.29. The first-order valence-electron chi connectivity index (χ1n) is 6.78. The van der Waals surface area contributed by atoms with Crippen molar-refractivity contribution in [2.75, 3.05) is 13.7 Å². The average molecular weight is 263 g/mol. The molecule has 0 aromatic heterocycles. The molecule has 19 heavy (non-hydrogen) atoms. The van der Waals surface area contributed by atoms with Crippen LogP contribution in [-0.2, 0) is 4.79 Å². The van der Waals surface area contributed by atoms with Crippen molar-refractivity contribution in [2.45, 2.75) is 37.6 Å². The van der Waals surface area contributed by atoms with Crippen molar-refractivity contribution in [3.8, 4) is 5.75 Å². The Balaban J connectivity index is 1.72. The predicted molar refractivity (Wildman–Crippen MR) is 73.6 cm³/mol. The minimum Gasteiger partial charge on any atom is -0.496 e. The quantitative estimate of drug-likeness (QED) is 0.742. The topological polar surface area (TPSA) is 58.6 Å². The second kappa shape index (κ2) is 6.57. The smallest absolute Gasteiger partial charge is 0.303 e. The third kappa shape index (κ3) is 3.70. The van der Waals surface area contributed by atoms with Gasteiger partial charge in [-0.1, -0.05) is 18.2 Å². The van der Waals surface area contributed by atoms with Gasteiger partial charge in [0.1, 0.15) is 5.75 Å². The van der Waals surface area contributed by atoms with E-state index >= 15 is 0 Å². The Morgan fingerprint density at radius 1 is 1.42 bits per heavy atom. The normalized spacial score (nSPS) is 21.7. The lowest BCUT2D eigenvalue weighted by atomic mass is 9.75. The van der Waals surface area contributed by atoms with E-state index in [0.717, 1.165) is 25.1 Å². The minimum atomic E-state index is -0.720. The molecule has 1 aliphatic carbocycles. The van der Waals surface area contributed by atoms with Gasteiger partial charge in [0.2, 0.25) is 0 Å². The van der Waals surface area contributed by atoms with E-state index in [1.54, 1.807) is 7.11 Å². The monoisotopic (exact) mass is 263 g/mol. The Morgan fingerprint density at radius 3 is 2.84 bits per heavy atom. The zero-order valence-electron chi connectivity index (χ0n) is 11.3. The maximum atomic E-state index is 10.4. The highest BCUT2D eigenvalue weighted by molar-refractivity contribution is 5.66. The fraction of sp³-hybridized carbons (Fsp3) is 0.533. The van der Waals surface area contributed by atoms with Gasteiger partial charge >= 0.3 is 5.97 Å². The van der Waals surface area contributed by atoms with Crippen molar-refractivity contribution in [3.63, 3.8) is 0 Å². The molecule has 104 valence electrons. The Bertz CT molecular complexity index is 427. The molecule has 0 saturated heterocycles. The van der Waals surface area contributed by atoms with Crippen LogP contribution in [0.25, 0.3) is 0 Å². The predicted octanol–water partition coefficient (Wildman–Crippen LogP) is 2.40. The number of carboxylic acids is 1. The zero-order chi connectivity index (χ0) is 13.7. The molecule has 0 aliphatic heterocycles. The van der Waals surface area contributed by atoms with Gasteiger partial charge in [-0.15, -0.1) is 0 Å². The number of carboxylic acid groups (broad SMARTS) is 1. The van der Waals surface area contributed by atoms with Crippen LogP contribution >= 0.6 is 0 Å². The molecule has 1 fully saturated rings. The highest BCUT2D eigenvalue weighted by atomic mass is 16.5. The van der Waals surface area contributed by atoms with E-state index in [0.29, 0.717) is 18.4 Å². The van der Waals surface area contributed by atoms with E-state index in [2.05, 4.69) is 11.4 Å². The molecule has 0 unspecified atom stereocenters. The molecule has 1 saturated carbocycles. The summed E-state index contributed by atoms with van der Waals surface area (Å²) in [5.74, 6) is 0.812. The van der Waals surface area contributed by atoms with Gasteiger partial charge in [0, 0.05) is 12.5 Å². The zero-order valence-corrected chi connectivity index (χ0v) is 11.3. The van der Waals surface area contributed by atoms with Crippen molar-refractivity contribution >= 4 is 5.97 Å². The number of benzene rings is 1. The van der Waals surface area contributed by atoms with Crippen LogP contribution in [0, 0.1) is 0 Å². The van der Waals surface area contributed by atoms with Crippen molar-refractivity contribution in [3.05, 3.63) is 29.8 Å². The molecule has 0 amide bonds. The molecule has 0 heterocycles. The Labute approximate surface area is 113 Å². The summed E-state index contributed by atoms with van der Waals surface area (Å²) in [4.78, 5) is 10.4. The van der Waals surface area contributed by atoms with Gasteiger partial charge in [0.05, 0.1) is 7.11 Å². The van der Waals surface area contributed by atoms with Crippen molar-refractivity contribution in [1.29, 1.82) is 0 Å². The van der Waals surface area contributed by atoms with Crippen molar-refractivity contribution in [2.24, 2.45) is 0 Å². The fourth-order valence-electron chi connectivity index (χ4n) is 2.59. The second-order valence-electron chi connectivity index (χ2n) is 5.06. The molecule has 4 heteroatoms. The summed E-state index contributed by atoms with van der Waals surface area (Å²) in [6.07, 6.45) is 3.15. The van der Waals surface area contributed by atoms with Crippen LogP contribution in [0.15, 0.2) is 24.3 Å². The Morgan fingerprint density at radius 2 is 2.16 bits per heavy atom. The summed E-state index contributed by atoms with van der Waals surface area (Å²) < 4.78 is 5.38. The molecular formula is C15H21NO3. The van der Waals surface area contributed by atoms with Crippen LogP contribution in [0.2, 0.25) is 0 Å². The standard InChI is InChI=1S/C15H21NO3/c1-19-14-6-3-2-5-13(14)11-9-12(10-11)16-8-4-7-15(17)18/h2-3,5-6,11-12,16H,4,7-10H2,1H3,(H,17,18). The number of rotatable bonds is 7. The molecule has 1 aromatic carbocycles. The van der Waals surface area contributed by atoms with Crippen molar-refractivity contribution in [1.82, 2.24) is 5.32 Å². The van der Waals surface area contributed by atoms with Crippen LogP contribution in [0.5, 0.6) is 5.75 Å². The molecule has 0 bridgehead atoms. The number of ether oxygens (including phenoxy) is 1. The largest absolute Gasteiger partial charge is 0.496 e. The summed E-state index contributed by atoms with van der Waals surface area (Å²) in [5, 5.41) is 12.0. The van der Waals surface area contributed by atoms with E-state index in [1.807, 2.05) is 18.2 Å². The van der Waals surface area contributed by atoms with Crippen LogP contribution < -0.4 is 10.1 Å². The molecule has 0 spiro atoms. The molecular weight excluding hydrogens is 242 g/mol. The molecule has 1 aliphatic rings. The van der Waals surface area contributed by atoms with E-state index in [4.69, 9.17) is 9.84 Å². The van der Waals surface area contributed by atoms with Crippen LogP contribution in [0.1, 0.15) is 37.2 Å². The molecule has 0 atom stereocenters. The number of hydrogen-bond acceptors (Lipinski definition) is 3. The van der Waals surface area contributed by atoms with Crippen LogP contribution in [0.3, 0.4) is 0 Å². The summed E-state index contributed by atoms with van der Waals surface area (Å²) in [6.45, 7) is 0.787. The number of aliphatic carboxylic acids is 1. The van der Waals surface area contributed by atoms with Gasteiger partial charge in [0.15, 0.2) is 0 Å². The second-order valence-corrected chi connectivity index (χ2v) is 5.06. The lowest BCUT2D eigenvalue weighted by Gasteiger charge is -2.37. The number of carbonyl (C=O) groups is 1. The highest BCUT2D eigenvalue weighted by Crippen LogP contribution is 2.40. The molecule has 1 aromatic rings. The third-order valence-corrected chi connectivity index (χ3v) is 3.72. The minimum absolute atomic E-state index is 0.246. The van der Waals surface area contributed by atoms with E-state index < -0.39 is 5.97 Å². The summed E-state index contributed by atoms with van der Waals surface area (Å²) >= 11 is 0. The lowest BCUT2D eigenvalue weighted by molar-refractivity contribution is -0.137. The van der Waals surface area contributed by atoms with Gasteiger partial charge in [-0.3, -0.25) is 4.79 Å². The first kappa shape index (κ1) is 13.9. The molecule has 4 nitrogen and oxygen atoms in total. The summed E-state index contributed by atoms with van der Waals surface area (Å²) in [7, 11) is 1.71. The van der Waals surface area contributed by atoms with Crippen molar-refractivity contribution < 1.29 is 14.6 Å². The summed E-state index contributed by atoms with van der Waals surface area (Å²) in [6, 6.07) is 8.69. The van der Waals surface area contributed by atoms with Gasteiger partial charge in [-0.05, 0) is 43.4 Å². The highest BCUT2D eigenvalue weighted by Gasteiger charge is 2.31. The number of nitrogens with one attached hydrogen (secondary N) is 1. The number of methoxy groups -OCH3 is 1. The number of hydrogen-bond donors (Lipinski definition) is 2. The fourth-order valence-corrected chi connectivity index (χ4v) is 2.59. The molecule has 2 N–H and O–H groups in total. The van der Waals surface area contributed by atoms with Crippen LogP contribution in [0.4, 0.5) is 0 Å². The van der Waals surface area contributed by atoms with Crippen LogP contribution in [-0.4, -0.2) is 30.8 Å². The van der Waals surface area contributed by atoms with Gasteiger partial charge in [-0.25, -0.2) is 0 Å². The maximum Gasteiger partial charge on any atom is 0.303 e. The van der Waals surface area contributed by atoms with Gasteiger partial charge in [0.25, 0.3) is 0 Å². The van der Waals surface area contributed by atoms with Gasteiger partial charge < -0.3 is 15.2 Å². The maximum absolute atomic E-state index is 10.4. The first-order valence-corrected chi connectivity index (χ1v) is 6.78. The average Bonchev–Trinajstić information content (AvgIpc) is 2.36. The molecule has 2 rings (SSSR count). The van der Waals surface area contributed by atoms with E-state index in [-0.39, 0.29) is 6.42 Å².